The van der Waals surface area contributed by atoms with Gasteiger partial charge in [0.25, 0.3) is 5.91 Å². The topological polar surface area (TPSA) is 136 Å². The smallest absolute Gasteiger partial charge is 0.289 e. The van der Waals surface area contributed by atoms with E-state index in [-0.39, 0.29) is 24.7 Å². The predicted molar refractivity (Wildman–Crippen MR) is 98.5 cm³/mol. The number of rotatable bonds is 8. The molecule has 1 amide bonds. The number of anilines is 1. The zero-order chi connectivity index (χ0) is 20.1. The summed E-state index contributed by atoms with van der Waals surface area (Å²) in [6.45, 7) is 0.331. The molecule has 0 aliphatic carbocycles. The largest absolute Gasteiger partial charge is 0.492 e. The molecule has 1 aromatic carbocycles. The zero-order valence-electron chi connectivity index (χ0n) is 14.6. The monoisotopic (exact) mass is 414 g/mol. The van der Waals surface area contributed by atoms with E-state index in [0.717, 1.165) is 12.5 Å². The maximum atomic E-state index is 11.8. The Balaban J connectivity index is 1.93. The van der Waals surface area contributed by atoms with Crippen LogP contribution in [0.4, 0.5) is 5.69 Å². The molecule has 12 heteroatoms. The molecule has 146 valence electrons. The van der Waals surface area contributed by atoms with Crippen molar-refractivity contribution in [3.8, 4) is 5.75 Å². The van der Waals surface area contributed by atoms with E-state index in [1.807, 2.05) is 0 Å². The number of sulfonamides is 2. The Hall–Kier alpha value is -2.73. The maximum absolute atomic E-state index is 11.8. The highest BCUT2D eigenvalue weighted by atomic mass is 32.3. The van der Waals surface area contributed by atoms with Crippen molar-refractivity contribution in [1.82, 2.24) is 15.3 Å². The van der Waals surface area contributed by atoms with Crippen LogP contribution in [0.1, 0.15) is 10.6 Å². The minimum atomic E-state index is -4.00. The van der Waals surface area contributed by atoms with E-state index < -0.39 is 26.0 Å². The number of ether oxygens (including phenoxy) is 1. The number of nitrogens with zero attached hydrogens (tertiary/aromatic N) is 3. The lowest BCUT2D eigenvalue weighted by Crippen LogP contribution is -2.35. The number of hydrogen-bond acceptors (Lipinski definition) is 8. The van der Waals surface area contributed by atoms with Crippen LogP contribution in [0.3, 0.4) is 0 Å². The first kappa shape index (κ1) is 20.6. The van der Waals surface area contributed by atoms with Gasteiger partial charge in [-0.05, 0) is 30.3 Å². The fraction of sp³-hybridized carbons (Fsp3) is 0.267. The Morgan fingerprint density at radius 3 is 2.11 bits per heavy atom. The van der Waals surface area contributed by atoms with Crippen LogP contribution in [0.15, 0.2) is 42.7 Å². The molecule has 0 atom stereocenters. The summed E-state index contributed by atoms with van der Waals surface area (Å²) in [6, 6.07) is 7.08. The first-order chi connectivity index (χ1) is 12.6. The van der Waals surface area contributed by atoms with E-state index in [1.165, 1.54) is 36.7 Å². The van der Waals surface area contributed by atoms with E-state index in [2.05, 4.69) is 15.3 Å². The summed E-state index contributed by atoms with van der Waals surface area (Å²) >= 11 is 0. The minimum Gasteiger partial charge on any atom is -0.492 e. The second-order valence-corrected chi connectivity index (χ2v) is 9.29. The van der Waals surface area contributed by atoms with Crippen LogP contribution in [0, 0.1) is 0 Å². The Morgan fingerprint density at radius 2 is 1.59 bits per heavy atom. The Kier molecular flexibility index (Phi) is 6.33. The van der Waals surface area contributed by atoms with Gasteiger partial charge in [0.1, 0.15) is 12.4 Å². The summed E-state index contributed by atoms with van der Waals surface area (Å²) in [4.78, 5) is 19.4. The number of benzene rings is 1. The molecule has 1 aromatic heterocycles. The number of nitrogens with one attached hydrogen (secondary N) is 1. The van der Waals surface area contributed by atoms with E-state index in [9.17, 15) is 21.6 Å². The van der Waals surface area contributed by atoms with Gasteiger partial charge in [0, 0.05) is 12.4 Å². The molecule has 0 unspecified atom stereocenters. The molecule has 0 saturated heterocycles. The lowest BCUT2D eigenvalue weighted by atomic mass is 10.3. The van der Waals surface area contributed by atoms with Crippen LogP contribution in [0.2, 0.25) is 0 Å². The lowest BCUT2D eigenvalue weighted by Gasteiger charge is -2.19. The summed E-state index contributed by atoms with van der Waals surface area (Å²) in [6.07, 6.45) is 4.52. The van der Waals surface area contributed by atoms with E-state index in [0.29, 0.717) is 9.46 Å². The summed E-state index contributed by atoms with van der Waals surface area (Å²) in [5, 5.41) is 2.58. The fourth-order valence-corrected chi connectivity index (χ4v) is 5.10. The van der Waals surface area contributed by atoms with E-state index >= 15 is 0 Å². The highest BCUT2D eigenvalue weighted by molar-refractivity contribution is 8.09. The quantitative estimate of drug-likeness (QED) is 0.597. The van der Waals surface area contributed by atoms with Crippen LogP contribution in [0.25, 0.3) is 0 Å². The number of carbonyl (C=O) groups excluding carboxylic acids is 1. The van der Waals surface area contributed by atoms with Gasteiger partial charge in [0.15, 0.2) is 0 Å². The van der Waals surface area contributed by atoms with E-state index in [1.54, 1.807) is 6.07 Å². The molecule has 0 saturated carbocycles. The summed E-state index contributed by atoms with van der Waals surface area (Å²) in [7, 11) is -8.00. The standard InChI is InChI=1S/C15H18N4O6S2/c1-26(21,22)19(27(2,23)24)12-4-6-13(7-5-12)25-11-10-18-15(20)14-16-8-3-9-17-14/h3-9H,10-11H2,1-2H3,(H,18,20). The van der Waals surface area contributed by atoms with Gasteiger partial charge < -0.3 is 10.1 Å². The molecular formula is C15H18N4O6S2. The molecule has 10 nitrogen and oxygen atoms in total. The number of carbonyl (C=O) groups is 1. The van der Waals surface area contributed by atoms with Crippen molar-refractivity contribution in [3.05, 3.63) is 48.5 Å². The van der Waals surface area contributed by atoms with Crippen molar-refractivity contribution in [2.75, 3.05) is 29.4 Å². The minimum absolute atomic E-state index is 0.0260. The van der Waals surface area contributed by atoms with Crippen LogP contribution in [-0.2, 0) is 20.0 Å². The molecule has 0 fully saturated rings. The molecule has 2 rings (SSSR count). The normalized spacial score (nSPS) is 11.6. The van der Waals surface area contributed by atoms with Gasteiger partial charge in [-0.2, -0.15) is 3.71 Å². The van der Waals surface area contributed by atoms with Gasteiger partial charge in [-0.25, -0.2) is 26.8 Å². The van der Waals surface area contributed by atoms with Crippen molar-refractivity contribution in [3.63, 3.8) is 0 Å². The maximum Gasteiger partial charge on any atom is 0.289 e. The van der Waals surface area contributed by atoms with Crippen molar-refractivity contribution in [2.45, 2.75) is 0 Å². The molecule has 1 N–H and O–H groups in total. The molecule has 2 aromatic rings. The third-order valence-corrected chi connectivity index (χ3v) is 6.33. The highest BCUT2D eigenvalue weighted by Gasteiger charge is 2.27. The van der Waals surface area contributed by atoms with Crippen molar-refractivity contribution in [2.24, 2.45) is 0 Å². The van der Waals surface area contributed by atoms with Crippen molar-refractivity contribution in [1.29, 1.82) is 0 Å². The molecule has 1 heterocycles. The van der Waals surface area contributed by atoms with Gasteiger partial charge in [0.2, 0.25) is 25.9 Å². The lowest BCUT2D eigenvalue weighted by molar-refractivity contribution is 0.0936. The SMILES string of the molecule is CS(=O)(=O)N(c1ccc(OCCNC(=O)c2ncccn2)cc1)S(C)(=O)=O. The van der Waals surface area contributed by atoms with Crippen LogP contribution in [0.5, 0.6) is 5.75 Å². The van der Waals surface area contributed by atoms with E-state index in [4.69, 9.17) is 4.74 Å². The second kappa shape index (κ2) is 8.31. The highest BCUT2D eigenvalue weighted by Crippen LogP contribution is 2.23. The van der Waals surface area contributed by atoms with Gasteiger partial charge in [-0.15, -0.1) is 0 Å². The van der Waals surface area contributed by atoms with Crippen LogP contribution < -0.4 is 13.8 Å². The van der Waals surface area contributed by atoms with Crippen LogP contribution in [-0.4, -0.2) is 58.4 Å². The summed E-state index contributed by atoms with van der Waals surface area (Å²) in [5.41, 5.74) is -0.0260. The number of amides is 1. The molecule has 27 heavy (non-hydrogen) atoms. The van der Waals surface area contributed by atoms with Crippen LogP contribution >= 0.6 is 0 Å². The first-order valence-corrected chi connectivity index (χ1v) is 11.3. The average Bonchev–Trinajstić information content (AvgIpc) is 2.58. The van der Waals surface area contributed by atoms with Crippen molar-refractivity contribution < 1.29 is 26.4 Å². The summed E-state index contributed by atoms with van der Waals surface area (Å²) < 4.78 is 52.6. The Bertz CT molecular complexity index is 960. The molecule has 0 radical (unpaired) electrons. The first-order valence-electron chi connectivity index (χ1n) is 7.57. The molecule has 0 bridgehead atoms. The predicted octanol–water partition coefficient (Wildman–Crippen LogP) is 0.0110. The van der Waals surface area contributed by atoms with Crippen molar-refractivity contribution >= 4 is 31.6 Å². The Morgan fingerprint density at radius 1 is 1.04 bits per heavy atom. The van der Waals surface area contributed by atoms with Gasteiger partial charge >= 0.3 is 0 Å². The third kappa shape index (κ3) is 5.89. The van der Waals surface area contributed by atoms with Gasteiger partial charge in [0.05, 0.1) is 24.7 Å². The Labute approximate surface area is 157 Å². The average molecular weight is 414 g/mol. The molecule has 0 aliphatic rings. The number of aromatic nitrogens is 2. The summed E-state index contributed by atoms with van der Waals surface area (Å²) in [5.74, 6) is -0.0131. The molecular weight excluding hydrogens is 396 g/mol. The van der Waals surface area contributed by atoms with Gasteiger partial charge in [-0.1, -0.05) is 0 Å². The zero-order valence-corrected chi connectivity index (χ0v) is 16.2. The third-order valence-electron chi connectivity index (χ3n) is 3.08. The molecule has 0 spiro atoms. The fourth-order valence-electron chi connectivity index (χ4n) is 2.12. The number of hydrogen-bond donors (Lipinski definition) is 1. The molecule has 0 aliphatic heterocycles. The van der Waals surface area contributed by atoms with Gasteiger partial charge in [-0.3, -0.25) is 4.79 Å². The second-order valence-electron chi connectivity index (χ2n) is 5.39.